The van der Waals surface area contributed by atoms with Crippen molar-refractivity contribution < 1.29 is 13.6 Å². The lowest BCUT2D eigenvalue weighted by molar-refractivity contribution is 0.185. The van der Waals surface area contributed by atoms with Crippen LogP contribution in [0.3, 0.4) is 0 Å². The van der Waals surface area contributed by atoms with Crippen LogP contribution in [-0.2, 0) is 19.9 Å². The summed E-state index contributed by atoms with van der Waals surface area (Å²) in [5.74, 6) is 2.52. The second-order valence-corrected chi connectivity index (χ2v) is 22.1. The quantitative estimate of drug-likeness (QED) is 0.0466. The first-order valence-electron chi connectivity index (χ1n) is 23.3. The topological polar surface area (TPSA) is 27.7 Å². The molecule has 0 amide bonds. The molecule has 1 atom stereocenters. The molecule has 320 valence electrons. The highest BCUT2D eigenvalue weighted by atomic mass is 31.2. The van der Waals surface area contributed by atoms with E-state index in [-0.39, 0.29) is 10.8 Å². The van der Waals surface area contributed by atoms with Gasteiger partial charge in [-0.2, -0.15) is 9.05 Å². The molecule has 0 bridgehead atoms. The van der Waals surface area contributed by atoms with Gasteiger partial charge in [0.15, 0.2) is 11.1 Å². The molecule has 2 aromatic carbocycles. The molecule has 0 radical (unpaired) electrons. The predicted octanol–water partition coefficient (Wildman–Crippen LogP) is 17.1. The monoisotopic (exact) mass is 794 g/mol. The summed E-state index contributed by atoms with van der Waals surface area (Å²) in [4.78, 5) is 0. The van der Waals surface area contributed by atoms with Gasteiger partial charge >= 0.3 is 7.94 Å². The van der Waals surface area contributed by atoms with Crippen molar-refractivity contribution in [3.63, 3.8) is 0 Å². The number of aryl methyl sites for hydroxylation is 2. The molecule has 56 heavy (non-hydrogen) atoms. The Balaban J connectivity index is 2.40. The molecule has 0 spiro atoms. The van der Waals surface area contributed by atoms with Gasteiger partial charge in [0.05, 0.1) is 13.2 Å². The maximum atomic E-state index is 7.46. The Labute approximate surface area is 349 Å². The van der Waals surface area contributed by atoms with Gasteiger partial charge < -0.3 is 0 Å². The first-order valence-corrected chi connectivity index (χ1v) is 24.8. The van der Waals surface area contributed by atoms with Gasteiger partial charge in [0.25, 0.3) is 0 Å². The van der Waals surface area contributed by atoms with Gasteiger partial charge in [-0.05, 0) is 98.3 Å². The van der Waals surface area contributed by atoms with Crippen molar-refractivity contribution in [2.75, 3.05) is 13.2 Å². The largest absolute Gasteiger partial charge is 0.492 e. The summed E-state index contributed by atoms with van der Waals surface area (Å²) in [5.41, 5.74) is 6.23. The summed E-state index contributed by atoms with van der Waals surface area (Å²) in [6.45, 7) is 31.0. The molecule has 1 unspecified atom stereocenters. The second kappa shape index (κ2) is 26.4. The minimum atomic E-state index is -3.07. The van der Waals surface area contributed by atoms with Crippen LogP contribution in [0.1, 0.15) is 220 Å². The maximum Gasteiger partial charge on any atom is 0.492 e. The van der Waals surface area contributed by atoms with E-state index in [0.717, 1.165) is 48.6 Å². The number of unbranched alkanes of at least 4 members (excludes halogenated alkanes) is 11. The fraction of sp³-hybridized carbons (Fsp3) is 0.731. The Morgan fingerprint density at radius 3 is 1.59 bits per heavy atom. The average molecular weight is 794 g/mol. The molecule has 0 heterocycles. The Bertz CT molecular complexity index is 1380. The van der Waals surface area contributed by atoms with Gasteiger partial charge in [0.1, 0.15) is 0 Å². The van der Waals surface area contributed by atoms with Gasteiger partial charge in [0.2, 0.25) is 0 Å². The third-order valence-corrected chi connectivity index (χ3v) is 13.5. The molecule has 0 aliphatic heterocycles. The van der Waals surface area contributed by atoms with Gasteiger partial charge in [0, 0.05) is 11.1 Å². The van der Waals surface area contributed by atoms with Crippen LogP contribution in [0.5, 0.6) is 5.75 Å². The lowest BCUT2D eigenvalue weighted by Gasteiger charge is -2.30. The highest BCUT2D eigenvalue weighted by molar-refractivity contribution is 7.70. The zero-order valence-corrected chi connectivity index (χ0v) is 40.1. The van der Waals surface area contributed by atoms with E-state index >= 15 is 0 Å². The number of hydrogen-bond acceptors (Lipinski definition) is 3. The summed E-state index contributed by atoms with van der Waals surface area (Å²) in [5, 5.41) is 1.11. The molecule has 0 saturated heterocycles. The van der Waals surface area contributed by atoms with E-state index in [1.165, 1.54) is 119 Å². The van der Waals surface area contributed by atoms with Crippen LogP contribution in [0.15, 0.2) is 48.0 Å². The van der Waals surface area contributed by atoms with E-state index in [0.29, 0.717) is 13.2 Å². The van der Waals surface area contributed by atoms with Crippen molar-refractivity contribution in [3.05, 3.63) is 70.3 Å². The number of rotatable bonds is 29. The van der Waals surface area contributed by atoms with E-state index in [4.69, 9.17) is 13.6 Å². The number of allylic oxidation sites excluding steroid dienone is 2. The summed E-state index contributed by atoms with van der Waals surface area (Å²) in [6, 6.07) is 13.5. The first kappa shape index (κ1) is 50.5. The van der Waals surface area contributed by atoms with Crippen LogP contribution in [0, 0.1) is 25.7 Å². The van der Waals surface area contributed by atoms with Crippen LogP contribution < -0.4 is 9.83 Å². The van der Waals surface area contributed by atoms with Crippen molar-refractivity contribution in [2.45, 2.75) is 223 Å². The van der Waals surface area contributed by atoms with Crippen LogP contribution >= 0.6 is 7.94 Å². The second-order valence-electron chi connectivity index (χ2n) is 19.9. The van der Waals surface area contributed by atoms with Gasteiger partial charge in [-0.15, -0.1) is 0 Å². The number of hydrogen-bond donors (Lipinski definition) is 0. The Morgan fingerprint density at radius 2 is 1.05 bits per heavy atom. The van der Waals surface area contributed by atoms with Crippen LogP contribution in [-0.4, -0.2) is 13.2 Å². The Kier molecular flexibility index (Phi) is 23.8. The molecular formula is C52H90O3P+. The SMILES string of the molecule is CCCC=C(CCCCCCC(C)C)CCCO[P+](OCCCCCCCCCCC(C)C)(Oc1cc(C)ccc1C(C)(C)C)c1cc(C)ccc1C(C)(C)C. The van der Waals surface area contributed by atoms with Crippen molar-refractivity contribution >= 4 is 13.2 Å². The number of benzene rings is 2. The highest BCUT2D eigenvalue weighted by Gasteiger charge is 2.53. The highest BCUT2D eigenvalue weighted by Crippen LogP contribution is 2.63. The van der Waals surface area contributed by atoms with Crippen molar-refractivity contribution in [2.24, 2.45) is 11.8 Å². The summed E-state index contributed by atoms with van der Waals surface area (Å²) < 4.78 is 22.0. The summed E-state index contributed by atoms with van der Waals surface area (Å²) in [7, 11) is -3.07. The molecule has 3 nitrogen and oxygen atoms in total. The predicted molar refractivity (Wildman–Crippen MR) is 250 cm³/mol. The molecule has 0 fully saturated rings. The van der Waals surface area contributed by atoms with E-state index < -0.39 is 7.94 Å². The van der Waals surface area contributed by atoms with Crippen LogP contribution in [0.25, 0.3) is 0 Å². The van der Waals surface area contributed by atoms with Gasteiger partial charge in [-0.3, -0.25) is 4.52 Å². The smallest absolute Gasteiger partial charge is 0.280 e. The lowest BCUT2D eigenvalue weighted by Crippen LogP contribution is -2.31. The summed E-state index contributed by atoms with van der Waals surface area (Å²) in [6.07, 6.45) is 26.4. The van der Waals surface area contributed by atoms with E-state index in [2.05, 4.69) is 132 Å². The molecule has 2 rings (SSSR count). The van der Waals surface area contributed by atoms with E-state index in [1.807, 2.05) is 0 Å². The van der Waals surface area contributed by atoms with Gasteiger partial charge in [-0.25, -0.2) is 0 Å². The van der Waals surface area contributed by atoms with E-state index in [1.54, 1.807) is 5.57 Å². The molecular weight excluding hydrogens is 704 g/mol. The van der Waals surface area contributed by atoms with Crippen LogP contribution in [0.4, 0.5) is 0 Å². The molecule has 0 saturated carbocycles. The average Bonchev–Trinajstić information content (AvgIpc) is 3.10. The Morgan fingerprint density at radius 1 is 0.589 bits per heavy atom. The van der Waals surface area contributed by atoms with E-state index in [9.17, 15) is 0 Å². The molecule has 2 aromatic rings. The van der Waals surface area contributed by atoms with Crippen LogP contribution in [0.2, 0.25) is 0 Å². The first-order chi connectivity index (χ1) is 26.5. The van der Waals surface area contributed by atoms with Crippen molar-refractivity contribution in [3.8, 4) is 5.75 Å². The zero-order valence-electron chi connectivity index (χ0n) is 39.2. The minimum absolute atomic E-state index is 0.0965. The fourth-order valence-electron chi connectivity index (χ4n) is 7.55. The normalized spacial score (nSPS) is 13.9. The minimum Gasteiger partial charge on any atom is -0.280 e. The van der Waals surface area contributed by atoms with Crippen molar-refractivity contribution in [1.82, 2.24) is 0 Å². The van der Waals surface area contributed by atoms with Crippen molar-refractivity contribution in [1.29, 1.82) is 0 Å². The maximum absolute atomic E-state index is 7.46. The molecule has 4 heteroatoms. The third kappa shape index (κ3) is 19.9. The molecule has 0 aliphatic rings. The fourth-order valence-corrected chi connectivity index (χ4v) is 10.3. The third-order valence-electron chi connectivity index (χ3n) is 11.0. The molecule has 0 N–H and O–H groups in total. The summed E-state index contributed by atoms with van der Waals surface area (Å²) >= 11 is 0. The lowest BCUT2D eigenvalue weighted by atomic mass is 9.86. The zero-order chi connectivity index (χ0) is 41.6. The molecule has 0 aromatic heterocycles. The Hall–Kier alpha value is -1.67. The standard InChI is InChI=1S/C52H90O3P/c1-14-15-31-46(32-26-22-21-25-30-43(4)5)33-28-39-54-56(50-41-45(7)35-37-48(50)52(11,12)13,55-49-40-44(6)34-36-47(49)51(8,9)10)53-38-27-23-19-17-16-18-20-24-29-42(2)3/h31,34-37,40-43H,14-30,32-33,38-39H2,1-13H3/q+1. The molecule has 0 aliphatic carbocycles. The van der Waals surface area contributed by atoms with Gasteiger partial charge in [-0.1, -0.05) is 196 Å².